The zero-order chi connectivity index (χ0) is 31.4. The Balaban J connectivity index is 1.36. The molecule has 0 spiro atoms. The summed E-state index contributed by atoms with van der Waals surface area (Å²) in [6, 6.07) is 0.917. The maximum atomic E-state index is 15.8. The Hall–Kier alpha value is -2.66. The van der Waals surface area contributed by atoms with Crippen LogP contribution >= 0.6 is 26.3 Å². The molecular formula is C19H22F2N8O12P2S. The number of fused-ring (bicyclic) bond motifs is 5. The van der Waals surface area contributed by atoms with Crippen LogP contribution in [0.25, 0.3) is 11.2 Å². The van der Waals surface area contributed by atoms with Crippen molar-refractivity contribution in [2.24, 2.45) is 5.90 Å². The number of ether oxygens (including phenoxy) is 2. The molecule has 240 valence electrons. The van der Waals surface area contributed by atoms with Crippen LogP contribution in [0, 0.1) is 0 Å². The number of phosphoric ester groups is 1. The van der Waals surface area contributed by atoms with E-state index in [2.05, 4.69) is 19.2 Å². The van der Waals surface area contributed by atoms with Crippen LogP contribution in [0.2, 0.25) is 0 Å². The van der Waals surface area contributed by atoms with Gasteiger partial charge in [-0.15, -0.1) is 0 Å². The standard InChI is InChI=1S/C19H22F2N8O12P2S/c20-10-8-4-36-43(34,44-41-23)40-14-11(21)7(37-17(14)28-2-1-9(30)27-19(28)31)3-35-42(32,33)39-13(10)18(38-8)29-6-26-12-15(22)24-5-25-16(12)29/h1-2,5-8,10-11,13-14,17-18H,3-4,23H2,(H,32,33)(H2,22,24,25)(H,27,30,31)/t7-,8-,10-,11-,13-,14-,17-,18-,43?/m1/s1. The molecular weight excluding hydrogens is 664 g/mol. The van der Waals surface area contributed by atoms with E-state index in [-0.39, 0.29) is 28.6 Å². The average molecular weight is 686 g/mol. The van der Waals surface area contributed by atoms with Crippen molar-refractivity contribution in [2.75, 3.05) is 18.9 Å². The highest BCUT2D eigenvalue weighted by Gasteiger charge is 2.55. The van der Waals surface area contributed by atoms with Gasteiger partial charge in [-0.1, -0.05) is 0 Å². The van der Waals surface area contributed by atoms with Gasteiger partial charge < -0.3 is 20.1 Å². The van der Waals surface area contributed by atoms with Crippen LogP contribution in [0.15, 0.2) is 34.5 Å². The number of nitrogens with one attached hydrogen (secondary N) is 1. The van der Waals surface area contributed by atoms with Crippen LogP contribution in [0.4, 0.5) is 14.6 Å². The Kier molecular flexibility index (Phi) is 8.49. The van der Waals surface area contributed by atoms with Crippen molar-refractivity contribution < 1.29 is 54.7 Å². The summed E-state index contributed by atoms with van der Waals surface area (Å²) in [6.45, 7) is -6.59. The highest BCUT2D eigenvalue weighted by atomic mass is 32.7. The number of aromatic amines is 1. The van der Waals surface area contributed by atoms with Gasteiger partial charge in [-0.25, -0.2) is 47.8 Å². The first kappa shape index (κ1) is 31.3. The topological polar surface area (TPSA) is 269 Å². The minimum absolute atomic E-state index is 0.0226. The van der Waals surface area contributed by atoms with Gasteiger partial charge in [0.2, 0.25) is 0 Å². The number of hydrogen-bond donors (Lipinski definition) is 4. The Morgan fingerprint density at radius 2 is 1.68 bits per heavy atom. The van der Waals surface area contributed by atoms with Gasteiger partial charge >= 0.3 is 20.3 Å². The van der Waals surface area contributed by atoms with Crippen LogP contribution in [-0.4, -0.2) is 83.9 Å². The first-order valence-electron chi connectivity index (χ1n) is 12.4. The third-order valence-electron chi connectivity index (χ3n) is 6.75. The summed E-state index contributed by atoms with van der Waals surface area (Å²) < 4.78 is 96.7. The third kappa shape index (κ3) is 5.86. The van der Waals surface area contributed by atoms with E-state index < -0.39 is 88.3 Å². The van der Waals surface area contributed by atoms with Crippen molar-refractivity contribution in [3.05, 3.63) is 45.8 Å². The van der Waals surface area contributed by atoms with Gasteiger partial charge in [0, 0.05) is 12.3 Å². The molecule has 44 heavy (non-hydrogen) atoms. The summed E-state index contributed by atoms with van der Waals surface area (Å²) >= 11 is -0.0624. The lowest BCUT2D eigenvalue weighted by molar-refractivity contribution is -0.0649. The SMILES string of the molecule is NOSP1(=O)OC[C@H]2O[C@@H](n3cnc4c(N)ncnc43)[C@H](OP(=O)(O)OC[C@H]3O[C@@H](n4ccc(=O)[nH]c4=O)[C@H](O1)[C@@H]3F)[C@@H]2F. The number of hydrogen-bond acceptors (Lipinski definition) is 17. The number of aromatic nitrogens is 6. The first-order valence-corrected chi connectivity index (χ1v) is 16.8. The van der Waals surface area contributed by atoms with E-state index in [1.807, 2.05) is 4.98 Å². The lowest BCUT2D eigenvalue weighted by Gasteiger charge is -2.26. The number of anilines is 1. The van der Waals surface area contributed by atoms with Crippen LogP contribution in [0.1, 0.15) is 12.5 Å². The number of nitrogen functional groups attached to an aromatic ring is 1. The molecule has 10 atom stereocenters. The molecule has 2 unspecified atom stereocenters. The van der Waals surface area contributed by atoms with Crippen LogP contribution in [0.3, 0.4) is 0 Å². The second-order valence-corrected chi connectivity index (χ2v) is 14.3. The second kappa shape index (κ2) is 11.9. The van der Waals surface area contributed by atoms with E-state index in [9.17, 15) is 23.6 Å². The predicted octanol–water partition coefficient (Wildman–Crippen LogP) is -0.00610. The van der Waals surface area contributed by atoms with E-state index in [1.165, 1.54) is 0 Å². The van der Waals surface area contributed by atoms with Crippen LogP contribution in [-0.2, 0) is 41.0 Å². The highest BCUT2D eigenvalue weighted by molar-refractivity contribution is 8.52. The third-order valence-corrected chi connectivity index (χ3v) is 10.4. The van der Waals surface area contributed by atoms with Gasteiger partial charge in [-0.2, -0.15) is 0 Å². The number of rotatable bonds is 4. The van der Waals surface area contributed by atoms with E-state index in [4.69, 9.17) is 39.2 Å². The summed E-state index contributed by atoms with van der Waals surface area (Å²) in [4.78, 5) is 48.4. The van der Waals surface area contributed by atoms with Gasteiger partial charge in [-0.05, 0) is 0 Å². The molecule has 0 saturated carbocycles. The summed E-state index contributed by atoms with van der Waals surface area (Å²) in [6.07, 6.45) is -11.9. The minimum atomic E-state index is -5.21. The quantitative estimate of drug-likeness (QED) is 0.160. The molecule has 6 heterocycles. The smallest absolute Gasteiger partial charge is 0.382 e. The summed E-state index contributed by atoms with van der Waals surface area (Å²) in [5, 5.41) is 0. The fraction of sp³-hybridized carbons (Fsp3) is 0.526. The Morgan fingerprint density at radius 1 is 1.02 bits per heavy atom. The molecule has 3 aromatic rings. The molecule has 0 amide bonds. The predicted molar refractivity (Wildman–Crippen MR) is 141 cm³/mol. The molecule has 20 nitrogen and oxygen atoms in total. The minimum Gasteiger partial charge on any atom is -0.382 e. The molecule has 25 heteroatoms. The molecule has 0 radical (unpaired) electrons. The molecule has 3 fully saturated rings. The monoisotopic (exact) mass is 686 g/mol. The molecule has 3 aromatic heterocycles. The molecule has 6 rings (SSSR count). The first-order chi connectivity index (χ1) is 20.9. The Morgan fingerprint density at radius 3 is 2.36 bits per heavy atom. The molecule has 0 aromatic carbocycles. The van der Waals surface area contributed by atoms with Crippen LogP contribution in [0.5, 0.6) is 0 Å². The maximum absolute atomic E-state index is 15.8. The zero-order valence-corrected chi connectivity index (χ0v) is 24.3. The normalized spacial score (nSPS) is 38.1. The van der Waals surface area contributed by atoms with Gasteiger partial charge in [0.15, 0.2) is 36.3 Å². The summed E-state index contributed by atoms with van der Waals surface area (Å²) in [7, 11) is -5.21. The number of imidazole rings is 1. The molecule has 3 aliphatic rings. The van der Waals surface area contributed by atoms with E-state index >= 15 is 8.78 Å². The van der Waals surface area contributed by atoms with Crippen LogP contribution < -0.4 is 22.9 Å². The molecule has 6 N–H and O–H groups in total. The average Bonchev–Trinajstić information content (AvgIpc) is 3.61. The lowest BCUT2D eigenvalue weighted by atomic mass is 10.1. The molecule has 4 bridgehead atoms. The molecule has 0 aliphatic carbocycles. The molecule has 3 aliphatic heterocycles. The zero-order valence-electron chi connectivity index (χ0n) is 21.7. The maximum Gasteiger partial charge on any atom is 0.472 e. The largest absolute Gasteiger partial charge is 0.472 e. The number of H-pyrrole nitrogens is 1. The fourth-order valence-corrected chi connectivity index (χ4v) is 7.85. The van der Waals surface area contributed by atoms with Crippen molar-refractivity contribution in [2.45, 2.75) is 49.2 Å². The van der Waals surface area contributed by atoms with Crippen molar-refractivity contribution in [3.8, 4) is 0 Å². The number of phosphoric acid groups is 1. The Bertz CT molecular complexity index is 1760. The summed E-state index contributed by atoms with van der Waals surface area (Å²) in [5.74, 6) is 5.06. The van der Waals surface area contributed by atoms with Crippen molar-refractivity contribution in [1.82, 2.24) is 29.1 Å². The molecule has 3 saturated heterocycles. The number of halogens is 2. The second-order valence-electron chi connectivity index (χ2n) is 9.44. The van der Waals surface area contributed by atoms with Crippen molar-refractivity contribution in [1.29, 1.82) is 0 Å². The Labute approximate surface area is 246 Å². The van der Waals surface area contributed by atoms with E-state index in [0.29, 0.717) is 4.57 Å². The summed E-state index contributed by atoms with van der Waals surface area (Å²) in [5.41, 5.74) is 4.12. The van der Waals surface area contributed by atoms with E-state index in [0.717, 1.165) is 29.5 Å². The number of nitrogens with two attached hydrogens (primary N) is 2. The highest BCUT2D eigenvalue weighted by Crippen LogP contribution is 2.64. The van der Waals surface area contributed by atoms with E-state index in [1.54, 1.807) is 0 Å². The van der Waals surface area contributed by atoms with Crippen molar-refractivity contribution in [3.63, 3.8) is 0 Å². The lowest BCUT2D eigenvalue weighted by Crippen LogP contribution is -2.38. The fourth-order valence-electron chi connectivity index (χ4n) is 4.80. The van der Waals surface area contributed by atoms with Gasteiger partial charge in [0.05, 0.1) is 19.5 Å². The van der Waals surface area contributed by atoms with Gasteiger partial charge in [-0.3, -0.25) is 37.0 Å². The van der Waals surface area contributed by atoms with Crippen molar-refractivity contribution >= 4 is 43.3 Å². The van der Waals surface area contributed by atoms with Gasteiger partial charge in [0.1, 0.15) is 47.9 Å². The van der Waals surface area contributed by atoms with Gasteiger partial charge in [0.25, 0.3) is 5.56 Å². The number of alkyl halides is 2. The number of nitrogens with zero attached hydrogens (tertiary/aromatic N) is 5.